The summed E-state index contributed by atoms with van der Waals surface area (Å²) in [6.45, 7) is 9.78. The van der Waals surface area contributed by atoms with E-state index in [-0.39, 0.29) is 11.7 Å². The van der Waals surface area contributed by atoms with Crippen LogP contribution in [0.25, 0.3) is 0 Å². The Morgan fingerprint density at radius 1 is 1.44 bits per heavy atom. The summed E-state index contributed by atoms with van der Waals surface area (Å²) in [5.74, 6) is 1.48. The Morgan fingerprint density at radius 3 is 2.67 bits per heavy atom. The van der Waals surface area contributed by atoms with E-state index in [1.807, 2.05) is 0 Å². The van der Waals surface area contributed by atoms with Crippen molar-refractivity contribution in [2.45, 2.75) is 65.1 Å². The molecule has 1 heterocycles. The molecule has 2 nitrogen and oxygen atoms in total. The standard InChI is InChI=1S/C16H28O2/c1-11(2)7-8-12(3)13(4)15-14(17)6-5-9-16(15)10-18-16/h7,12-15,17H,5-6,8-10H2,1-4H3/t12-,13+,14-,15?,16+/m1/s1. The lowest BCUT2D eigenvalue weighted by molar-refractivity contribution is -0.0260. The van der Waals surface area contributed by atoms with Gasteiger partial charge in [-0.2, -0.15) is 0 Å². The van der Waals surface area contributed by atoms with Gasteiger partial charge in [0.05, 0.1) is 18.3 Å². The van der Waals surface area contributed by atoms with Crippen molar-refractivity contribution in [3.8, 4) is 0 Å². The van der Waals surface area contributed by atoms with Crippen LogP contribution < -0.4 is 0 Å². The summed E-state index contributed by atoms with van der Waals surface area (Å²) in [7, 11) is 0. The first-order valence-electron chi connectivity index (χ1n) is 7.41. The summed E-state index contributed by atoms with van der Waals surface area (Å²) in [6.07, 6.45) is 6.49. The number of hydrogen-bond acceptors (Lipinski definition) is 2. The monoisotopic (exact) mass is 252 g/mol. The molecule has 0 amide bonds. The lowest BCUT2D eigenvalue weighted by Gasteiger charge is -2.39. The van der Waals surface area contributed by atoms with E-state index in [1.165, 1.54) is 5.57 Å². The number of aliphatic hydroxyl groups is 1. The zero-order valence-electron chi connectivity index (χ0n) is 12.3. The molecule has 2 rings (SSSR count). The number of ether oxygens (including phenoxy) is 1. The van der Waals surface area contributed by atoms with Crippen LogP contribution >= 0.6 is 0 Å². The Kier molecular flexibility index (Phi) is 4.18. The third-order valence-electron chi connectivity index (χ3n) is 5.00. The molecular formula is C16H28O2. The quantitative estimate of drug-likeness (QED) is 0.613. The van der Waals surface area contributed by atoms with Crippen LogP contribution in [0.1, 0.15) is 53.4 Å². The number of aliphatic hydroxyl groups excluding tert-OH is 1. The van der Waals surface area contributed by atoms with Crippen molar-refractivity contribution in [3.05, 3.63) is 11.6 Å². The van der Waals surface area contributed by atoms with Gasteiger partial charge >= 0.3 is 0 Å². The van der Waals surface area contributed by atoms with E-state index < -0.39 is 0 Å². The van der Waals surface area contributed by atoms with Gasteiger partial charge in [-0.1, -0.05) is 25.5 Å². The molecule has 18 heavy (non-hydrogen) atoms. The van der Waals surface area contributed by atoms with Gasteiger partial charge in [0.25, 0.3) is 0 Å². The lowest BCUT2D eigenvalue weighted by atomic mass is 9.67. The van der Waals surface area contributed by atoms with E-state index in [4.69, 9.17) is 4.74 Å². The average Bonchev–Trinajstić information content (AvgIpc) is 3.05. The second-order valence-corrected chi connectivity index (χ2v) is 6.69. The zero-order valence-corrected chi connectivity index (χ0v) is 12.3. The van der Waals surface area contributed by atoms with Crippen molar-refractivity contribution >= 4 is 0 Å². The first-order chi connectivity index (χ1) is 8.46. The molecule has 1 N–H and O–H groups in total. The maximum absolute atomic E-state index is 10.3. The number of allylic oxidation sites excluding steroid dienone is 2. The van der Waals surface area contributed by atoms with E-state index >= 15 is 0 Å². The third kappa shape index (κ3) is 2.80. The van der Waals surface area contributed by atoms with E-state index in [0.29, 0.717) is 17.8 Å². The maximum Gasteiger partial charge on any atom is 0.0971 e. The van der Waals surface area contributed by atoms with Crippen LogP contribution in [0.5, 0.6) is 0 Å². The van der Waals surface area contributed by atoms with Crippen molar-refractivity contribution in [1.29, 1.82) is 0 Å². The minimum Gasteiger partial charge on any atom is -0.393 e. The molecule has 2 aliphatic rings. The predicted molar refractivity (Wildman–Crippen MR) is 74.4 cm³/mol. The van der Waals surface area contributed by atoms with Gasteiger partial charge in [-0.05, 0) is 51.4 Å². The molecule has 104 valence electrons. The van der Waals surface area contributed by atoms with Gasteiger partial charge in [0, 0.05) is 5.92 Å². The van der Waals surface area contributed by atoms with Gasteiger partial charge in [-0.3, -0.25) is 0 Å². The number of rotatable bonds is 4. The molecule has 1 unspecified atom stereocenters. The topological polar surface area (TPSA) is 32.8 Å². The van der Waals surface area contributed by atoms with Crippen molar-refractivity contribution in [2.24, 2.45) is 17.8 Å². The lowest BCUT2D eigenvalue weighted by Crippen LogP contribution is -2.44. The van der Waals surface area contributed by atoms with Crippen molar-refractivity contribution in [2.75, 3.05) is 6.61 Å². The first-order valence-corrected chi connectivity index (χ1v) is 7.41. The van der Waals surface area contributed by atoms with E-state index in [2.05, 4.69) is 33.8 Å². The van der Waals surface area contributed by atoms with Crippen LogP contribution in [0, 0.1) is 17.8 Å². The van der Waals surface area contributed by atoms with Crippen LogP contribution in [0.2, 0.25) is 0 Å². The molecule has 0 aromatic rings. The Morgan fingerprint density at radius 2 is 2.11 bits per heavy atom. The molecule has 1 aliphatic carbocycles. The Bertz CT molecular complexity index is 313. The van der Waals surface area contributed by atoms with Crippen molar-refractivity contribution in [1.82, 2.24) is 0 Å². The Hall–Kier alpha value is -0.340. The average molecular weight is 252 g/mol. The first kappa shape index (κ1) is 14.1. The molecule has 1 saturated carbocycles. The highest BCUT2D eigenvalue weighted by Gasteiger charge is 2.57. The minimum atomic E-state index is -0.162. The number of epoxide rings is 1. The smallest absolute Gasteiger partial charge is 0.0971 e. The Labute approximate surface area is 111 Å². The molecule has 0 radical (unpaired) electrons. The van der Waals surface area contributed by atoms with Gasteiger partial charge in [0.2, 0.25) is 0 Å². The van der Waals surface area contributed by atoms with E-state index in [9.17, 15) is 5.11 Å². The molecular weight excluding hydrogens is 224 g/mol. The summed E-state index contributed by atoms with van der Waals surface area (Å²) in [4.78, 5) is 0. The van der Waals surface area contributed by atoms with Crippen LogP contribution in [0.4, 0.5) is 0 Å². The molecule has 1 aliphatic heterocycles. The molecule has 0 aromatic carbocycles. The van der Waals surface area contributed by atoms with Crippen molar-refractivity contribution < 1.29 is 9.84 Å². The summed E-state index contributed by atoms with van der Waals surface area (Å²) in [5.41, 5.74) is 1.42. The molecule has 2 heteroatoms. The maximum atomic E-state index is 10.3. The van der Waals surface area contributed by atoms with Gasteiger partial charge in [0.15, 0.2) is 0 Å². The SMILES string of the molecule is CC(C)=CC[C@@H](C)[C@H](C)C1[C@H](O)CCC[C@]12CO2. The second kappa shape index (κ2) is 5.34. The van der Waals surface area contributed by atoms with Gasteiger partial charge in [-0.15, -0.1) is 0 Å². The van der Waals surface area contributed by atoms with Gasteiger partial charge < -0.3 is 9.84 Å². The number of hydrogen-bond donors (Lipinski definition) is 1. The molecule has 0 bridgehead atoms. The summed E-state index contributed by atoms with van der Waals surface area (Å²) in [6, 6.07) is 0. The van der Waals surface area contributed by atoms with Gasteiger partial charge in [-0.25, -0.2) is 0 Å². The zero-order chi connectivity index (χ0) is 13.3. The fourth-order valence-electron chi connectivity index (χ4n) is 3.56. The van der Waals surface area contributed by atoms with Crippen LogP contribution in [-0.2, 0) is 4.74 Å². The predicted octanol–water partition coefficient (Wildman–Crippen LogP) is 3.54. The molecule has 2 fully saturated rings. The molecule has 0 aromatic heterocycles. The van der Waals surface area contributed by atoms with E-state index in [1.54, 1.807) is 0 Å². The van der Waals surface area contributed by atoms with Crippen LogP contribution in [0.15, 0.2) is 11.6 Å². The summed E-state index contributed by atoms with van der Waals surface area (Å²) < 4.78 is 5.74. The minimum absolute atomic E-state index is 0.0380. The molecule has 5 atom stereocenters. The summed E-state index contributed by atoms with van der Waals surface area (Å²) in [5, 5.41) is 10.3. The second-order valence-electron chi connectivity index (χ2n) is 6.69. The summed E-state index contributed by atoms with van der Waals surface area (Å²) >= 11 is 0. The highest BCUT2D eigenvalue weighted by Crippen LogP contribution is 2.50. The van der Waals surface area contributed by atoms with Crippen molar-refractivity contribution in [3.63, 3.8) is 0 Å². The largest absolute Gasteiger partial charge is 0.393 e. The van der Waals surface area contributed by atoms with E-state index in [0.717, 1.165) is 32.3 Å². The third-order valence-corrected chi connectivity index (χ3v) is 5.00. The Balaban J connectivity index is 2.02. The highest BCUT2D eigenvalue weighted by atomic mass is 16.6. The van der Waals surface area contributed by atoms with Crippen LogP contribution in [-0.4, -0.2) is 23.4 Å². The fraction of sp³-hybridized carbons (Fsp3) is 0.875. The highest BCUT2D eigenvalue weighted by molar-refractivity contribution is 5.06. The normalized spacial score (nSPS) is 38.3. The van der Waals surface area contributed by atoms with Gasteiger partial charge in [0.1, 0.15) is 0 Å². The molecule has 1 saturated heterocycles. The molecule has 1 spiro atoms. The fourth-order valence-corrected chi connectivity index (χ4v) is 3.56. The van der Waals surface area contributed by atoms with Crippen LogP contribution in [0.3, 0.4) is 0 Å².